The second-order valence-electron chi connectivity index (χ2n) is 6.24. The van der Waals surface area contributed by atoms with Gasteiger partial charge in [0.2, 0.25) is 5.95 Å². The van der Waals surface area contributed by atoms with Crippen LogP contribution in [-0.2, 0) is 13.6 Å². The van der Waals surface area contributed by atoms with Gasteiger partial charge in [0.1, 0.15) is 11.4 Å². The second-order valence-corrected chi connectivity index (χ2v) is 7.19. The average molecular weight is 368 g/mol. The van der Waals surface area contributed by atoms with Crippen LogP contribution in [0.15, 0.2) is 35.8 Å². The van der Waals surface area contributed by atoms with Crippen molar-refractivity contribution in [2.75, 3.05) is 18.0 Å². The molecule has 1 fully saturated rings. The smallest absolute Gasteiger partial charge is 0.269 e. The first-order valence-corrected chi connectivity index (χ1v) is 9.51. The minimum atomic E-state index is -0.163. The third-order valence-corrected chi connectivity index (χ3v) is 5.30. The second kappa shape index (κ2) is 7.25. The van der Waals surface area contributed by atoms with Crippen LogP contribution in [0.4, 0.5) is 5.95 Å². The molecule has 0 aliphatic carbocycles. The lowest BCUT2D eigenvalue weighted by Crippen LogP contribution is -2.26. The van der Waals surface area contributed by atoms with Gasteiger partial charge in [0.15, 0.2) is 0 Å². The number of aromatic nitrogens is 4. The Morgan fingerprint density at radius 1 is 1.31 bits per heavy atom. The lowest BCUT2D eigenvalue weighted by molar-refractivity contribution is 0.0941. The third kappa shape index (κ3) is 3.45. The Kier molecular flexibility index (Phi) is 4.66. The molecule has 1 saturated heterocycles. The van der Waals surface area contributed by atoms with Gasteiger partial charge < -0.3 is 10.2 Å². The fourth-order valence-corrected chi connectivity index (χ4v) is 3.72. The summed E-state index contributed by atoms with van der Waals surface area (Å²) in [5.41, 5.74) is 2.14. The van der Waals surface area contributed by atoms with Crippen LogP contribution in [0, 0.1) is 0 Å². The number of hydrogen-bond donors (Lipinski definition) is 1. The number of anilines is 1. The fourth-order valence-electron chi connectivity index (χ4n) is 3.04. The Morgan fingerprint density at radius 2 is 2.15 bits per heavy atom. The van der Waals surface area contributed by atoms with Gasteiger partial charge in [-0.1, -0.05) is 6.07 Å². The summed E-state index contributed by atoms with van der Waals surface area (Å²) in [6, 6.07) is 7.62. The zero-order chi connectivity index (χ0) is 17.9. The zero-order valence-electron chi connectivity index (χ0n) is 14.6. The molecule has 0 radical (unpaired) electrons. The SMILES string of the molecule is Cn1nc(-c2cccs2)cc1C(=O)NCc1ccnc(N2CCCC2)n1. The molecule has 1 aliphatic rings. The van der Waals surface area contributed by atoms with Gasteiger partial charge in [-0.05, 0) is 36.4 Å². The molecule has 0 spiro atoms. The first kappa shape index (κ1) is 16.7. The van der Waals surface area contributed by atoms with E-state index < -0.39 is 0 Å². The monoisotopic (exact) mass is 368 g/mol. The Morgan fingerprint density at radius 3 is 2.92 bits per heavy atom. The van der Waals surface area contributed by atoms with E-state index in [1.807, 2.05) is 29.6 Å². The molecule has 0 aromatic carbocycles. The number of thiophene rings is 1. The molecule has 4 rings (SSSR count). The van der Waals surface area contributed by atoms with Crippen molar-refractivity contribution in [1.82, 2.24) is 25.1 Å². The van der Waals surface area contributed by atoms with E-state index in [0.29, 0.717) is 12.2 Å². The Balaban J connectivity index is 1.43. The summed E-state index contributed by atoms with van der Waals surface area (Å²) in [5.74, 6) is 0.582. The van der Waals surface area contributed by atoms with E-state index >= 15 is 0 Å². The van der Waals surface area contributed by atoms with Crippen LogP contribution in [0.3, 0.4) is 0 Å². The Labute approximate surface area is 155 Å². The molecule has 1 N–H and O–H groups in total. The number of hydrogen-bond acceptors (Lipinski definition) is 6. The van der Waals surface area contributed by atoms with Gasteiger partial charge in [-0.15, -0.1) is 11.3 Å². The van der Waals surface area contributed by atoms with Crippen molar-refractivity contribution in [2.45, 2.75) is 19.4 Å². The van der Waals surface area contributed by atoms with Crippen molar-refractivity contribution >= 4 is 23.2 Å². The Hall–Kier alpha value is -2.74. The first-order valence-electron chi connectivity index (χ1n) is 8.64. The van der Waals surface area contributed by atoms with Crippen molar-refractivity contribution in [3.05, 3.63) is 47.2 Å². The standard InChI is InChI=1S/C18H20N6OS/c1-23-15(11-14(22-23)16-5-4-10-26-16)17(25)20-12-13-6-7-19-18(21-13)24-8-2-3-9-24/h4-7,10-11H,2-3,8-9,12H2,1H3,(H,20,25). The lowest BCUT2D eigenvalue weighted by Gasteiger charge is -2.15. The van der Waals surface area contributed by atoms with Crippen molar-refractivity contribution < 1.29 is 4.79 Å². The van der Waals surface area contributed by atoms with Crippen LogP contribution < -0.4 is 10.2 Å². The van der Waals surface area contributed by atoms with Crippen LogP contribution in [0.25, 0.3) is 10.6 Å². The van der Waals surface area contributed by atoms with E-state index in [1.54, 1.807) is 29.3 Å². The molecule has 7 nitrogen and oxygen atoms in total. The summed E-state index contributed by atoms with van der Waals surface area (Å²) >= 11 is 1.60. The van der Waals surface area contributed by atoms with Crippen molar-refractivity contribution in [3.8, 4) is 10.6 Å². The molecule has 1 amide bonds. The molecule has 1 aliphatic heterocycles. The molecule has 0 bridgehead atoms. The maximum atomic E-state index is 12.5. The van der Waals surface area contributed by atoms with E-state index in [9.17, 15) is 4.79 Å². The summed E-state index contributed by atoms with van der Waals surface area (Å²) in [5, 5.41) is 9.35. The van der Waals surface area contributed by atoms with Crippen LogP contribution in [-0.4, -0.2) is 38.7 Å². The predicted octanol–water partition coefficient (Wildman–Crippen LogP) is 2.47. The molecule has 4 heterocycles. The molecule has 26 heavy (non-hydrogen) atoms. The number of amides is 1. The summed E-state index contributed by atoms with van der Waals surface area (Å²) < 4.78 is 1.61. The minimum absolute atomic E-state index is 0.163. The quantitative estimate of drug-likeness (QED) is 0.749. The van der Waals surface area contributed by atoms with E-state index in [2.05, 4.69) is 25.3 Å². The van der Waals surface area contributed by atoms with Crippen LogP contribution in [0.2, 0.25) is 0 Å². The van der Waals surface area contributed by atoms with Crippen molar-refractivity contribution in [1.29, 1.82) is 0 Å². The number of nitrogens with one attached hydrogen (secondary N) is 1. The highest BCUT2D eigenvalue weighted by atomic mass is 32.1. The summed E-state index contributed by atoms with van der Waals surface area (Å²) in [6.07, 6.45) is 4.11. The highest BCUT2D eigenvalue weighted by Crippen LogP contribution is 2.23. The molecule has 0 unspecified atom stereocenters. The number of rotatable bonds is 5. The summed E-state index contributed by atoms with van der Waals surface area (Å²) in [4.78, 5) is 24.7. The van der Waals surface area contributed by atoms with Gasteiger partial charge in [-0.25, -0.2) is 9.97 Å². The maximum absolute atomic E-state index is 12.5. The molecular weight excluding hydrogens is 348 g/mol. The molecule has 8 heteroatoms. The van der Waals surface area contributed by atoms with Crippen LogP contribution >= 0.6 is 11.3 Å². The van der Waals surface area contributed by atoms with E-state index in [-0.39, 0.29) is 5.91 Å². The maximum Gasteiger partial charge on any atom is 0.269 e. The van der Waals surface area contributed by atoms with Gasteiger partial charge in [0.05, 0.1) is 17.1 Å². The number of aryl methyl sites for hydroxylation is 1. The van der Waals surface area contributed by atoms with E-state index in [4.69, 9.17) is 0 Å². The largest absolute Gasteiger partial charge is 0.345 e. The van der Waals surface area contributed by atoms with Gasteiger partial charge in [0, 0.05) is 26.3 Å². The minimum Gasteiger partial charge on any atom is -0.345 e. The number of carbonyl (C=O) groups is 1. The molecule has 3 aromatic heterocycles. The third-order valence-electron chi connectivity index (χ3n) is 4.41. The van der Waals surface area contributed by atoms with Crippen molar-refractivity contribution in [2.24, 2.45) is 7.05 Å². The van der Waals surface area contributed by atoms with E-state index in [0.717, 1.165) is 35.3 Å². The molecule has 0 saturated carbocycles. The van der Waals surface area contributed by atoms with Gasteiger partial charge in [0.25, 0.3) is 5.91 Å². The van der Waals surface area contributed by atoms with Crippen molar-refractivity contribution in [3.63, 3.8) is 0 Å². The molecular formula is C18H20N6OS. The van der Waals surface area contributed by atoms with Gasteiger partial charge in [-0.3, -0.25) is 9.48 Å². The Bertz CT molecular complexity index is 898. The average Bonchev–Trinajstić information content (AvgIpc) is 3.40. The highest BCUT2D eigenvalue weighted by Gasteiger charge is 2.17. The molecule has 0 atom stereocenters. The topological polar surface area (TPSA) is 75.9 Å². The normalized spacial score (nSPS) is 14.0. The number of nitrogens with zero attached hydrogens (tertiary/aromatic N) is 5. The molecule has 134 valence electrons. The lowest BCUT2D eigenvalue weighted by atomic mass is 10.3. The number of carbonyl (C=O) groups excluding carboxylic acids is 1. The zero-order valence-corrected chi connectivity index (χ0v) is 15.4. The van der Waals surface area contributed by atoms with E-state index in [1.165, 1.54) is 12.8 Å². The molecule has 3 aromatic rings. The van der Waals surface area contributed by atoms with Gasteiger partial charge in [-0.2, -0.15) is 5.10 Å². The van der Waals surface area contributed by atoms with Crippen LogP contribution in [0.1, 0.15) is 29.0 Å². The fraction of sp³-hybridized carbons (Fsp3) is 0.333. The first-order chi connectivity index (χ1) is 12.7. The van der Waals surface area contributed by atoms with Crippen LogP contribution in [0.5, 0.6) is 0 Å². The highest BCUT2D eigenvalue weighted by molar-refractivity contribution is 7.13. The van der Waals surface area contributed by atoms with Gasteiger partial charge >= 0.3 is 0 Å². The summed E-state index contributed by atoms with van der Waals surface area (Å²) in [6.45, 7) is 2.36. The summed E-state index contributed by atoms with van der Waals surface area (Å²) in [7, 11) is 1.78. The predicted molar refractivity (Wildman–Crippen MR) is 101 cm³/mol.